The molecule has 0 spiro atoms. The van der Waals surface area contributed by atoms with E-state index in [-0.39, 0.29) is 4.90 Å². The number of sulfonamides is 1. The van der Waals surface area contributed by atoms with Crippen molar-refractivity contribution in [3.05, 3.63) is 34.8 Å². The van der Waals surface area contributed by atoms with Crippen LogP contribution in [0.4, 0.5) is 10.8 Å². The number of hydrogen-bond acceptors (Lipinski definition) is 7. The first kappa shape index (κ1) is 21.3. The van der Waals surface area contributed by atoms with Crippen molar-refractivity contribution in [1.29, 1.82) is 0 Å². The van der Waals surface area contributed by atoms with Crippen molar-refractivity contribution in [1.82, 2.24) is 15.6 Å². The van der Waals surface area contributed by atoms with Crippen LogP contribution in [-0.4, -0.2) is 45.6 Å². The molecule has 1 aliphatic heterocycles. The minimum absolute atomic E-state index is 0.114. The summed E-state index contributed by atoms with van der Waals surface area (Å²) in [5.41, 5.74) is 0.734. The zero-order valence-corrected chi connectivity index (χ0v) is 18.0. The lowest BCUT2D eigenvalue weighted by Crippen LogP contribution is -2.34. The van der Waals surface area contributed by atoms with Crippen molar-refractivity contribution >= 4 is 43.8 Å². The molecule has 2 heterocycles. The van der Waals surface area contributed by atoms with Gasteiger partial charge in [0.25, 0.3) is 10.0 Å². The number of nitrogens with one attached hydrogen (secondary N) is 4. The minimum Gasteiger partial charge on any atom is -0.384 e. The number of benzene rings is 1. The zero-order chi connectivity index (χ0) is 19.8. The van der Waals surface area contributed by atoms with Crippen molar-refractivity contribution in [3.63, 3.8) is 0 Å². The lowest BCUT2D eigenvalue weighted by Gasteiger charge is -2.12. The Bertz CT molecular complexity index is 840. The standard InChI is InChI=1S/C18H26ClN5O2S2/c19-16-12-15(28(25,26)24-18-23-10-11-27-18)5-6-17(16)22-8-2-1-7-20-13-14-4-3-9-21-14/h5-6,10-12,14,20-22H,1-4,7-9,13H2,(H,23,24)/t14-/m0/s1. The highest BCUT2D eigenvalue weighted by molar-refractivity contribution is 7.93. The van der Waals surface area contributed by atoms with Crippen LogP contribution in [-0.2, 0) is 10.0 Å². The van der Waals surface area contributed by atoms with Gasteiger partial charge in [0.05, 0.1) is 15.6 Å². The number of aromatic nitrogens is 1. The first-order valence-corrected chi connectivity index (χ1v) is 12.2. The van der Waals surface area contributed by atoms with Crippen molar-refractivity contribution in [2.24, 2.45) is 0 Å². The zero-order valence-electron chi connectivity index (χ0n) is 15.6. The summed E-state index contributed by atoms with van der Waals surface area (Å²) in [7, 11) is -3.69. The van der Waals surface area contributed by atoms with Crippen molar-refractivity contribution in [3.8, 4) is 0 Å². The number of thiazole rings is 1. The van der Waals surface area contributed by atoms with Gasteiger partial charge in [-0.05, 0) is 57.0 Å². The number of unbranched alkanes of at least 4 members (excludes halogenated alkanes) is 1. The van der Waals surface area contributed by atoms with Gasteiger partial charge in [-0.25, -0.2) is 13.4 Å². The Hall–Kier alpha value is -1.39. The van der Waals surface area contributed by atoms with E-state index in [1.165, 1.54) is 30.2 Å². The third-order valence-corrected chi connectivity index (χ3v) is 7.02. The SMILES string of the molecule is O=S(=O)(Nc1nccs1)c1ccc(NCCCCNC[C@@H]2CCCN2)c(Cl)c1. The van der Waals surface area contributed by atoms with Crippen molar-refractivity contribution < 1.29 is 8.42 Å². The molecule has 7 nitrogen and oxygen atoms in total. The molecule has 2 aromatic rings. The quantitative estimate of drug-likeness (QED) is 0.398. The van der Waals surface area contributed by atoms with Gasteiger partial charge in [-0.1, -0.05) is 11.6 Å². The van der Waals surface area contributed by atoms with Crippen LogP contribution in [0.2, 0.25) is 5.02 Å². The Balaban J connectivity index is 1.40. The van der Waals surface area contributed by atoms with Gasteiger partial charge in [-0.15, -0.1) is 11.3 Å². The average molecular weight is 444 g/mol. The molecular weight excluding hydrogens is 418 g/mol. The van der Waals surface area contributed by atoms with E-state index in [1.54, 1.807) is 23.7 Å². The fourth-order valence-electron chi connectivity index (χ4n) is 3.06. The van der Waals surface area contributed by atoms with Gasteiger partial charge in [0.15, 0.2) is 5.13 Å². The van der Waals surface area contributed by atoms with E-state index >= 15 is 0 Å². The number of hydrogen-bond donors (Lipinski definition) is 4. The summed E-state index contributed by atoms with van der Waals surface area (Å²) in [6, 6.07) is 5.32. The van der Waals surface area contributed by atoms with E-state index in [0.29, 0.717) is 16.2 Å². The monoisotopic (exact) mass is 443 g/mol. The normalized spacial score (nSPS) is 17.0. The predicted octanol–water partition coefficient (Wildman–Crippen LogP) is 3.13. The maximum absolute atomic E-state index is 12.4. The summed E-state index contributed by atoms with van der Waals surface area (Å²) in [6.07, 6.45) is 6.16. The second-order valence-electron chi connectivity index (χ2n) is 6.72. The van der Waals surface area contributed by atoms with Crippen molar-refractivity contribution in [2.75, 3.05) is 36.2 Å². The molecule has 28 heavy (non-hydrogen) atoms. The fraction of sp³-hybridized carbons (Fsp3) is 0.500. The molecule has 4 N–H and O–H groups in total. The van der Waals surface area contributed by atoms with Gasteiger partial charge >= 0.3 is 0 Å². The molecule has 1 atom stereocenters. The molecule has 0 saturated carbocycles. The summed E-state index contributed by atoms with van der Waals surface area (Å²) in [6.45, 7) is 3.95. The number of anilines is 2. The van der Waals surface area contributed by atoms with Gasteiger partial charge in [0, 0.05) is 30.7 Å². The van der Waals surface area contributed by atoms with Crippen molar-refractivity contribution in [2.45, 2.75) is 36.6 Å². The molecule has 0 aliphatic carbocycles. The fourth-order valence-corrected chi connectivity index (χ4v) is 5.19. The highest BCUT2D eigenvalue weighted by Crippen LogP contribution is 2.26. The molecule has 1 fully saturated rings. The Morgan fingerprint density at radius 1 is 1.29 bits per heavy atom. The molecule has 0 bridgehead atoms. The smallest absolute Gasteiger partial charge is 0.263 e. The molecule has 3 rings (SSSR count). The first-order valence-electron chi connectivity index (χ1n) is 9.44. The highest BCUT2D eigenvalue weighted by atomic mass is 35.5. The second-order valence-corrected chi connectivity index (χ2v) is 9.70. The van der Waals surface area contributed by atoms with Gasteiger partial charge in [0.1, 0.15) is 0 Å². The van der Waals surface area contributed by atoms with Crippen LogP contribution < -0.4 is 20.7 Å². The second kappa shape index (κ2) is 10.4. The third-order valence-electron chi connectivity index (χ3n) is 4.55. The van der Waals surface area contributed by atoms with E-state index in [4.69, 9.17) is 11.6 Å². The summed E-state index contributed by atoms with van der Waals surface area (Å²) in [5.74, 6) is 0. The van der Waals surface area contributed by atoms with Crippen LogP contribution >= 0.6 is 22.9 Å². The van der Waals surface area contributed by atoms with Crippen LogP contribution in [0.1, 0.15) is 25.7 Å². The van der Waals surface area contributed by atoms with E-state index < -0.39 is 10.0 Å². The van der Waals surface area contributed by atoms with Crippen LogP contribution in [0.15, 0.2) is 34.7 Å². The number of rotatable bonds is 11. The lowest BCUT2D eigenvalue weighted by molar-refractivity contribution is 0.526. The van der Waals surface area contributed by atoms with E-state index in [2.05, 4.69) is 25.7 Å². The maximum atomic E-state index is 12.4. The molecule has 0 radical (unpaired) electrons. The molecule has 1 aromatic carbocycles. The summed E-state index contributed by atoms with van der Waals surface area (Å²) >= 11 is 7.49. The van der Waals surface area contributed by atoms with Gasteiger partial charge in [-0.3, -0.25) is 4.72 Å². The molecule has 0 unspecified atom stereocenters. The third kappa shape index (κ3) is 6.31. The first-order chi connectivity index (χ1) is 13.5. The van der Waals surface area contributed by atoms with Gasteiger partial charge in [-0.2, -0.15) is 0 Å². The molecular formula is C18H26ClN5O2S2. The van der Waals surface area contributed by atoms with E-state index in [9.17, 15) is 8.42 Å². The Labute approximate surface area is 175 Å². The summed E-state index contributed by atoms with van der Waals surface area (Å²) in [4.78, 5) is 4.05. The largest absolute Gasteiger partial charge is 0.384 e. The minimum atomic E-state index is -3.69. The molecule has 1 saturated heterocycles. The van der Waals surface area contributed by atoms with Crippen LogP contribution in [0.5, 0.6) is 0 Å². The van der Waals surface area contributed by atoms with Crippen LogP contribution in [0.25, 0.3) is 0 Å². The Morgan fingerprint density at radius 3 is 2.86 bits per heavy atom. The Kier molecular flexibility index (Phi) is 7.92. The summed E-state index contributed by atoms with van der Waals surface area (Å²) in [5, 5.41) is 12.6. The predicted molar refractivity (Wildman–Crippen MR) is 116 cm³/mol. The molecule has 10 heteroatoms. The van der Waals surface area contributed by atoms with Crippen LogP contribution in [0.3, 0.4) is 0 Å². The van der Waals surface area contributed by atoms with E-state index in [1.807, 2.05) is 0 Å². The molecule has 154 valence electrons. The molecule has 1 aliphatic rings. The number of nitrogens with zero attached hydrogens (tertiary/aromatic N) is 1. The van der Waals surface area contributed by atoms with E-state index in [0.717, 1.165) is 44.7 Å². The topological polar surface area (TPSA) is 95.2 Å². The molecule has 0 amide bonds. The summed E-state index contributed by atoms with van der Waals surface area (Å²) < 4.78 is 27.2. The maximum Gasteiger partial charge on any atom is 0.263 e. The Morgan fingerprint density at radius 2 is 2.14 bits per heavy atom. The molecule has 1 aromatic heterocycles. The number of halogens is 1. The average Bonchev–Trinajstić information content (AvgIpc) is 3.35. The van der Waals surface area contributed by atoms with Gasteiger partial charge in [0.2, 0.25) is 0 Å². The van der Waals surface area contributed by atoms with Gasteiger partial charge < -0.3 is 16.0 Å². The lowest BCUT2D eigenvalue weighted by atomic mass is 10.2. The highest BCUT2D eigenvalue weighted by Gasteiger charge is 2.17. The van der Waals surface area contributed by atoms with Crippen LogP contribution in [0, 0.1) is 0 Å².